The summed E-state index contributed by atoms with van der Waals surface area (Å²) in [7, 11) is -0.584. The minimum atomic E-state index is -3.57. The molecular weight excluding hydrogens is 450 g/mol. The van der Waals surface area contributed by atoms with Gasteiger partial charge in [-0.1, -0.05) is 12.1 Å². The first-order chi connectivity index (χ1) is 14.8. The summed E-state index contributed by atoms with van der Waals surface area (Å²) >= 11 is 3.48. The van der Waals surface area contributed by atoms with Crippen molar-refractivity contribution in [1.82, 2.24) is 9.21 Å². The molecular formula is C22H25N3O3S3. The van der Waals surface area contributed by atoms with Gasteiger partial charge in [0.25, 0.3) is 0 Å². The zero-order valence-corrected chi connectivity index (χ0v) is 20.1. The first kappa shape index (κ1) is 22.2. The molecule has 6 nitrogen and oxygen atoms in total. The fourth-order valence-corrected chi connectivity index (χ4v) is 6.51. The lowest BCUT2D eigenvalue weighted by Crippen LogP contribution is -2.40. The Balaban J connectivity index is 1.55. The number of sulfonamides is 1. The van der Waals surface area contributed by atoms with Gasteiger partial charge in [0.1, 0.15) is 0 Å². The number of nitrogens with one attached hydrogen (secondary N) is 1. The Morgan fingerprint density at radius 1 is 1.19 bits per heavy atom. The van der Waals surface area contributed by atoms with E-state index in [0.29, 0.717) is 5.69 Å². The first-order valence-corrected chi connectivity index (χ1v) is 13.1. The standard InChI is InChI=1S/C22H25N3O3S3/c1-15-6-7-16(31(27,28)24(2)3)13-18(15)23-21(26)14-25-10-8-19-17(9-12-30-19)22(25)20-5-4-11-29-20/h4-7,9,11-13,22H,8,10,14H2,1-3H3,(H,23,26). The maximum atomic E-state index is 13.0. The molecule has 0 saturated heterocycles. The smallest absolute Gasteiger partial charge is 0.242 e. The molecule has 164 valence electrons. The van der Waals surface area contributed by atoms with Gasteiger partial charge >= 0.3 is 0 Å². The number of benzene rings is 1. The van der Waals surface area contributed by atoms with Crippen molar-refractivity contribution in [3.63, 3.8) is 0 Å². The number of carbonyl (C=O) groups excluding carboxylic acids is 1. The minimum absolute atomic E-state index is 0.0716. The monoisotopic (exact) mass is 475 g/mol. The van der Waals surface area contributed by atoms with E-state index in [0.717, 1.165) is 18.5 Å². The molecule has 1 atom stereocenters. The molecule has 3 heterocycles. The van der Waals surface area contributed by atoms with Gasteiger partial charge < -0.3 is 5.32 Å². The Kier molecular flexibility index (Phi) is 6.32. The molecule has 0 spiro atoms. The number of aryl methyl sites for hydroxylation is 1. The van der Waals surface area contributed by atoms with Crippen LogP contribution in [0.25, 0.3) is 0 Å². The van der Waals surface area contributed by atoms with Gasteiger partial charge in [0.2, 0.25) is 15.9 Å². The molecule has 31 heavy (non-hydrogen) atoms. The SMILES string of the molecule is Cc1ccc(S(=O)(=O)N(C)C)cc1NC(=O)CN1CCc2sccc2C1c1cccs1. The zero-order chi connectivity index (χ0) is 22.2. The van der Waals surface area contributed by atoms with Gasteiger partial charge in [-0.15, -0.1) is 22.7 Å². The summed E-state index contributed by atoms with van der Waals surface area (Å²) in [4.78, 5) is 18.0. The zero-order valence-electron chi connectivity index (χ0n) is 17.7. The van der Waals surface area contributed by atoms with E-state index in [1.54, 1.807) is 34.8 Å². The second-order valence-electron chi connectivity index (χ2n) is 7.75. The third-order valence-electron chi connectivity index (χ3n) is 5.49. The van der Waals surface area contributed by atoms with Gasteiger partial charge in [0.05, 0.1) is 17.5 Å². The van der Waals surface area contributed by atoms with Crippen molar-refractivity contribution >= 4 is 44.3 Å². The summed E-state index contributed by atoms with van der Waals surface area (Å²) in [5.74, 6) is -0.150. The molecule has 1 aliphatic heterocycles. The summed E-state index contributed by atoms with van der Waals surface area (Å²) in [6.07, 6.45) is 0.928. The summed E-state index contributed by atoms with van der Waals surface area (Å²) < 4.78 is 26.1. The van der Waals surface area contributed by atoms with E-state index in [1.165, 1.54) is 39.8 Å². The molecule has 0 aliphatic carbocycles. The van der Waals surface area contributed by atoms with E-state index in [9.17, 15) is 13.2 Å². The average molecular weight is 476 g/mol. The Bertz CT molecular complexity index is 1180. The molecule has 2 aromatic heterocycles. The lowest BCUT2D eigenvalue weighted by atomic mass is 9.98. The van der Waals surface area contributed by atoms with Gasteiger partial charge in [-0.3, -0.25) is 9.69 Å². The summed E-state index contributed by atoms with van der Waals surface area (Å²) in [5, 5.41) is 7.12. The topological polar surface area (TPSA) is 69.7 Å². The molecule has 9 heteroatoms. The molecule has 1 N–H and O–H groups in total. The molecule has 0 radical (unpaired) electrons. The van der Waals surface area contributed by atoms with Crippen LogP contribution in [0.5, 0.6) is 0 Å². The fraction of sp³-hybridized carbons (Fsp3) is 0.318. The summed E-state index contributed by atoms with van der Waals surface area (Å²) in [5.41, 5.74) is 2.62. The number of rotatable bonds is 6. The van der Waals surface area contributed by atoms with Crippen LogP contribution < -0.4 is 5.32 Å². The first-order valence-electron chi connectivity index (χ1n) is 9.94. The molecule has 0 bridgehead atoms. The highest BCUT2D eigenvalue weighted by Crippen LogP contribution is 2.39. The number of hydrogen-bond acceptors (Lipinski definition) is 6. The van der Waals surface area contributed by atoms with Crippen LogP contribution in [-0.4, -0.2) is 50.7 Å². The van der Waals surface area contributed by atoms with Crippen LogP contribution in [0.1, 0.15) is 26.9 Å². The van der Waals surface area contributed by atoms with E-state index in [1.807, 2.05) is 13.0 Å². The third kappa shape index (κ3) is 4.47. The molecule has 3 aromatic rings. The van der Waals surface area contributed by atoms with Crippen LogP contribution >= 0.6 is 22.7 Å². The summed E-state index contributed by atoms with van der Waals surface area (Å²) in [6, 6.07) is 11.2. The minimum Gasteiger partial charge on any atom is -0.325 e. The highest BCUT2D eigenvalue weighted by molar-refractivity contribution is 7.89. The average Bonchev–Trinajstić information content (AvgIpc) is 3.41. The van der Waals surface area contributed by atoms with Gasteiger partial charge in [-0.05, 0) is 59.5 Å². The normalized spacial score (nSPS) is 17.0. The van der Waals surface area contributed by atoms with Crippen LogP contribution in [0.4, 0.5) is 5.69 Å². The van der Waals surface area contributed by atoms with Crippen LogP contribution in [0.2, 0.25) is 0 Å². The van der Waals surface area contributed by atoms with Crippen molar-refractivity contribution in [3.05, 3.63) is 68.0 Å². The van der Waals surface area contributed by atoms with Crippen molar-refractivity contribution in [3.8, 4) is 0 Å². The largest absolute Gasteiger partial charge is 0.325 e. The van der Waals surface area contributed by atoms with Gasteiger partial charge in [0.15, 0.2) is 0 Å². The van der Waals surface area contributed by atoms with Gasteiger partial charge in [-0.25, -0.2) is 12.7 Å². The van der Waals surface area contributed by atoms with E-state index in [4.69, 9.17) is 0 Å². The molecule has 1 unspecified atom stereocenters. The number of fused-ring (bicyclic) bond motifs is 1. The highest BCUT2D eigenvalue weighted by atomic mass is 32.2. The fourth-order valence-electron chi connectivity index (χ4n) is 3.80. The van der Waals surface area contributed by atoms with Crippen molar-refractivity contribution in [1.29, 1.82) is 0 Å². The Morgan fingerprint density at radius 3 is 2.71 bits per heavy atom. The van der Waals surface area contributed by atoms with Crippen molar-refractivity contribution in [2.45, 2.75) is 24.3 Å². The number of anilines is 1. The van der Waals surface area contributed by atoms with E-state index in [-0.39, 0.29) is 23.4 Å². The number of amides is 1. The predicted octanol–water partition coefficient (Wildman–Crippen LogP) is 3.95. The second kappa shape index (κ2) is 8.84. The molecule has 1 aromatic carbocycles. The van der Waals surface area contributed by atoms with E-state index >= 15 is 0 Å². The van der Waals surface area contributed by atoms with Gasteiger partial charge in [0, 0.05) is 36.1 Å². The van der Waals surface area contributed by atoms with E-state index in [2.05, 4.69) is 33.1 Å². The Labute approximate surface area is 191 Å². The maximum absolute atomic E-state index is 13.0. The Morgan fingerprint density at radius 2 is 2.00 bits per heavy atom. The van der Waals surface area contributed by atoms with Crippen molar-refractivity contribution < 1.29 is 13.2 Å². The molecule has 0 saturated carbocycles. The molecule has 1 amide bonds. The van der Waals surface area contributed by atoms with Gasteiger partial charge in [-0.2, -0.15) is 0 Å². The van der Waals surface area contributed by atoms with Crippen LogP contribution in [-0.2, 0) is 21.2 Å². The molecule has 4 rings (SSSR count). The second-order valence-corrected chi connectivity index (χ2v) is 11.9. The highest BCUT2D eigenvalue weighted by Gasteiger charge is 2.31. The molecule has 0 fully saturated rings. The van der Waals surface area contributed by atoms with Crippen LogP contribution in [0.15, 0.2) is 52.1 Å². The van der Waals surface area contributed by atoms with Crippen LogP contribution in [0, 0.1) is 6.92 Å². The maximum Gasteiger partial charge on any atom is 0.242 e. The number of thiophene rings is 2. The number of carbonyl (C=O) groups is 1. The van der Waals surface area contributed by atoms with E-state index < -0.39 is 10.0 Å². The number of hydrogen-bond donors (Lipinski definition) is 1. The van der Waals surface area contributed by atoms with Crippen LogP contribution in [0.3, 0.4) is 0 Å². The summed E-state index contributed by atoms with van der Waals surface area (Å²) in [6.45, 7) is 2.90. The lowest BCUT2D eigenvalue weighted by molar-refractivity contribution is -0.117. The lowest BCUT2D eigenvalue weighted by Gasteiger charge is -2.34. The quantitative estimate of drug-likeness (QED) is 0.586. The predicted molar refractivity (Wildman–Crippen MR) is 126 cm³/mol. The van der Waals surface area contributed by atoms with Crippen molar-refractivity contribution in [2.24, 2.45) is 0 Å². The third-order valence-corrected chi connectivity index (χ3v) is 9.22. The molecule has 1 aliphatic rings. The van der Waals surface area contributed by atoms with Crippen molar-refractivity contribution in [2.75, 3.05) is 32.5 Å². The Hall–Kier alpha value is -2.04. The number of nitrogens with zero attached hydrogens (tertiary/aromatic N) is 2.